The molecule has 18 heteroatoms. The second-order valence-electron chi connectivity index (χ2n) is 27.1. The standard InChI is InChI=1S/C32H33N3O5.C24H27N3O3.C24H31N3O/c1-38-25-17-15-24(16-18-25)35-29-14-7-6-13-27(29)30(34-35)31(36)33-28(32(37)39-2)20-23-11-8-12-26(19-23)40-21-22-9-4-3-5-10-22;1-4-26(21-11-7-8-12-22(21)30-3)24(28)23-19-9-5-6-10-20(19)27(25-23)17-13-15-18(29-2)16-14-17;1-23(2)16-13-14-24(3,15-16)22(23)25-21(28)20-18-11-7-8-12-19(18)27(26-20)17-9-5-4-6-10-17/h3-5,8-12,15-19,28H,6-7,13-14,20-21H2,1-2H3,(H,33,36);7-8,11-16H,4-6,9-10H2,1-3H3;4-6,9-10,16,22H,7-8,11-15H2,1-3H3,(H,25,28). The van der Waals surface area contributed by atoms with Gasteiger partial charge in [0.1, 0.15) is 35.6 Å². The largest absolute Gasteiger partial charge is 0.497 e. The molecule has 9 aromatic rings. The van der Waals surface area contributed by atoms with Crippen molar-refractivity contribution < 1.29 is 42.9 Å². The maximum atomic E-state index is 13.6. The molecule has 0 radical (unpaired) electrons. The molecule has 2 N–H and O–H groups in total. The molecule has 0 saturated heterocycles. The summed E-state index contributed by atoms with van der Waals surface area (Å²) in [5.41, 5.74) is 14.0. The van der Waals surface area contributed by atoms with E-state index < -0.39 is 17.9 Å². The third kappa shape index (κ3) is 14.4. The minimum Gasteiger partial charge on any atom is -0.497 e. The molecular weight excluding hydrogens is 1230 g/mol. The second kappa shape index (κ2) is 30.2. The van der Waals surface area contributed by atoms with Gasteiger partial charge in [-0.3, -0.25) is 14.4 Å². The van der Waals surface area contributed by atoms with Gasteiger partial charge in [0.05, 0.1) is 51.2 Å². The van der Waals surface area contributed by atoms with Crippen molar-refractivity contribution in [2.75, 3.05) is 39.9 Å². The molecule has 98 heavy (non-hydrogen) atoms. The molecule has 5 aliphatic rings. The van der Waals surface area contributed by atoms with E-state index in [-0.39, 0.29) is 35.1 Å². The van der Waals surface area contributed by atoms with Crippen LogP contribution < -0.4 is 34.5 Å². The van der Waals surface area contributed by atoms with Crippen molar-refractivity contribution in [1.29, 1.82) is 0 Å². The van der Waals surface area contributed by atoms with E-state index in [2.05, 4.69) is 43.5 Å². The first-order chi connectivity index (χ1) is 47.6. The number of benzene rings is 6. The van der Waals surface area contributed by atoms with Crippen LogP contribution in [0.2, 0.25) is 0 Å². The first-order valence-corrected chi connectivity index (χ1v) is 34.7. The van der Waals surface area contributed by atoms with E-state index in [9.17, 15) is 19.2 Å². The Kier molecular flexibility index (Phi) is 21.0. The summed E-state index contributed by atoms with van der Waals surface area (Å²) in [5.74, 6) is 2.65. The van der Waals surface area contributed by atoms with E-state index in [1.54, 1.807) is 26.2 Å². The summed E-state index contributed by atoms with van der Waals surface area (Å²) in [7, 11) is 6.22. The predicted octanol–water partition coefficient (Wildman–Crippen LogP) is 14.0. The third-order valence-corrected chi connectivity index (χ3v) is 20.7. The molecule has 3 heterocycles. The summed E-state index contributed by atoms with van der Waals surface area (Å²) >= 11 is 0. The first kappa shape index (κ1) is 68.0. The average Bonchev–Trinajstić information content (AvgIpc) is 1.57. The van der Waals surface area contributed by atoms with Crippen molar-refractivity contribution in [2.24, 2.45) is 16.7 Å². The number of fused-ring (bicyclic) bond motifs is 5. The predicted molar refractivity (Wildman–Crippen MR) is 379 cm³/mol. The van der Waals surface area contributed by atoms with Crippen LogP contribution in [-0.2, 0) is 61.1 Å². The molecule has 4 atom stereocenters. The van der Waals surface area contributed by atoms with Crippen molar-refractivity contribution in [2.45, 2.75) is 149 Å². The van der Waals surface area contributed by atoms with E-state index in [0.717, 1.165) is 144 Å². The van der Waals surface area contributed by atoms with Crippen molar-refractivity contribution >= 4 is 29.4 Å². The monoisotopic (exact) mass is 1320 g/mol. The fraction of sp³-hybridized carbons (Fsp3) is 0.388. The highest BCUT2D eigenvalue weighted by Crippen LogP contribution is 2.62. The van der Waals surface area contributed by atoms with Gasteiger partial charge >= 0.3 is 5.97 Å². The third-order valence-electron chi connectivity index (χ3n) is 20.7. The molecule has 2 saturated carbocycles. The van der Waals surface area contributed by atoms with Crippen LogP contribution in [0.3, 0.4) is 0 Å². The number of hydrogen-bond acceptors (Lipinski definition) is 12. The summed E-state index contributed by atoms with van der Waals surface area (Å²) in [5, 5.41) is 20.7. The summed E-state index contributed by atoms with van der Waals surface area (Å²) < 4.78 is 32.8. The van der Waals surface area contributed by atoms with Gasteiger partial charge in [0.15, 0.2) is 17.1 Å². The number of nitrogens with one attached hydrogen (secondary N) is 2. The molecule has 510 valence electrons. The summed E-state index contributed by atoms with van der Waals surface area (Å²) in [6.45, 7) is 9.98. The smallest absolute Gasteiger partial charge is 0.328 e. The van der Waals surface area contributed by atoms with Crippen LogP contribution in [0.25, 0.3) is 17.1 Å². The SMILES string of the molecule is CC12CCC(C1)C(C)(C)C2NC(=O)c1nn(-c2ccccc2)c2c1CCCC2.CCN(C(=O)c1nn(-c2ccc(OC)cc2)c2c1CCCC2)c1ccccc1OC.COC(=O)C(Cc1cccc(OCc2ccccc2)c1)NC(=O)c1nn(-c2ccc(OC)cc2)c2c1CCCC2. The number of anilines is 1. The molecule has 0 aliphatic heterocycles. The van der Waals surface area contributed by atoms with Gasteiger partial charge in [-0.05, 0) is 216 Å². The van der Waals surface area contributed by atoms with Gasteiger partial charge in [0.2, 0.25) is 0 Å². The maximum Gasteiger partial charge on any atom is 0.328 e. The lowest BCUT2D eigenvalue weighted by Gasteiger charge is -2.43. The number of methoxy groups -OCH3 is 4. The van der Waals surface area contributed by atoms with Gasteiger partial charge in [0.25, 0.3) is 17.7 Å². The van der Waals surface area contributed by atoms with Crippen LogP contribution in [0, 0.1) is 16.7 Å². The number of carbonyl (C=O) groups excluding carboxylic acids is 4. The number of esters is 1. The summed E-state index contributed by atoms with van der Waals surface area (Å²) in [4.78, 5) is 55.1. The number of nitrogens with zero attached hydrogens (tertiary/aromatic N) is 7. The van der Waals surface area contributed by atoms with Gasteiger partial charge in [-0.25, -0.2) is 18.8 Å². The molecule has 2 fully saturated rings. The number of rotatable bonds is 19. The molecule has 18 nitrogen and oxygen atoms in total. The molecule has 2 bridgehead atoms. The second-order valence-corrected chi connectivity index (χ2v) is 27.1. The van der Waals surface area contributed by atoms with Gasteiger partial charge in [-0.2, -0.15) is 15.3 Å². The first-order valence-electron chi connectivity index (χ1n) is 34.7. The Labute approximate surface area is 575 Å². The Morgan fingerprint density at radius 1 is 0.551 bits per heavy atom. The number of para-hydroxylation sites is 3. The normalized spacial score (nSPS) is 18.0. The van der Waals surface area contributed by atoms with Crippen LogP contribution in [0.5, 0.6) is 23.0 Å². The Morgan fingerprint density at radius 2 is 1.05 bits per heavy atom. The maximum absolute atomic E-state index is 13.6. The van der Waals surface area contributed by atoms with Crippen molar-refractivity contribution in [3.05, 3.63) is 220 Å². The zero-order valence-corrected chi connectivity index (χ0v) is 57.8. The van der Waals surface area contributed by atoms with Gasteiger partial charge in [-0.1, -0.05) is 93.6 Å². The van der Waals surface area contributed by atoms with Gasteiger partial charge in [-0.15, -0.1) is 0 Å². The minimum atomic E-state index is -0.882. The van der Waals surface area contributed by atoms with Gasteiger partial charge < -0.3 is 39.2 Å². The number of ether oxygens (including phenoxy) is 5. The number of hydrogen-bond donors (Lipinski definition) is 2. The molecule has 6 aromatic carbocycles. The van der Waals surface area contributed by atoms with Crippen LogP contribution in [0.1, 0.15) is 162 Å². The minimum absolute atomic E-state index is 0.0275. The van der Waals surface area contributed by atoms with E-state index in [4.69, 9.17) is 39.0 Å². The Hall–Kier alpha value is -9.97. The van der Waals surface area contributed by atoms with Crippen molar-refractivity contribution in [3.8, 4) is 40.1 Å². The summed E-state index contributed by atoms with van der Waals surface area (Å²) in [6.07, 6.45) is 15.9. The van der Waals surface area contributed by atoms with Crippen LogP contribution in [-0.4, -0.2) is 100 Å². The quantitative estimate of drug-likeness (QED) is 0.0728. The Morgan fingerprint density at radius 3 is 1.58 bits per heavy atom. The topological polar surface area (TPSA) is 195 Å². The molecular formula is C80H91N9O9. The van der Waals surface area contributed by atoms with Crippen LogP contribution in [0.4, 0.5) is 5.69 Å². The number of amides is 3. The van der Waals surface area contributed by atoms with Crippen molar-refractivity contribution in [1.82, 2.24) is 40.0 Å². The highest BCUT2D eigenvalue weighted by molar-refractivity contribution is 6.07. The molecule has 14 rings (SSSR count). The lowest BCUT2D eigenvalue weighted by Crippen LogP contribution is -2.52. The highest BCUT2D eigenvalue weighted by atomic mass is 16.5. The van der Waals surface area contributed by atoms with Crippen molar-refractivity contribution in [3.63, 3.8) is 0 Å². The average molecular weight is 1320 g/mol. The zero-order chi connectivity index (χ0) is 68.5. The molecule has 4 unspecified atom stereocenters. The lowest BCUT2D eigenvalue weighted by molar-refractivity contribution is -0.142. The van der Waals surface area contributed by atoms with E-state index >= 15 is 0 Å². The molecule has 3 aromatic heterocycles. The molecule has 3 amide bonds. The zero-order valence-electron chi connectivity index (χ0n) is 57.8. The summed E-state index contributed by atoms with van der Waals surface area (Å²) in [6, 6.07) is 50.0. The van der Waals surface area contributed by atoms with Crippen LogP contribution in [0.15, 0.2) is 158 Å². The van der Waals surface area contributed by atoms with E-state index in [1.165, 1.54) is 44.1 Å². The fourth-order valence-corrected chi connectivity index (χ4v) is 15.6. The number of carbonyl (C=O) groups is 4. The Balaban J connectivity index is 0.000000143. The van der Waals surface area contributed by atoms with E-state index in [1.807, 2.05) is 167 Å². The molecule has 5 aliphatic carbocycles. The lowest BCUT2D eigenvalue weighted by atomic mass is 9.68. The Bertz CT molecular complexity index is 4270. The fourth-order valence-electron chi connectivity index (χ4n) is 15.6. The van der Waals surface area contributed by atoms with E-state index in [0.29, 0.717) is 41.7 Å². The van der Waals surface area contributed by atoms with Crippen LogP contribution >= 0.6 is 0 Å². The molecule has 0 spiro atoms. The van der Waals surface area contributed by atoms with Gasteiger partial charge in [0, 0.05) is 52.8 Å². The number of aromatic nitrogens is 6. The highest BCUT2D eigenvalue weighted by Gasteiger charge is 2.60.